The van der Waals surface area contributed by atoms with Crippen molar-refractivity contribution in [2.75, 3.05) is 32.8 Å². The molecule has 2 N–H and O–H groups in total. The number of carbonyl (C=O) groups is 1. The third kappa shape index (κ3) is 5.74. The van der Waals surface area contributed by atoms with Crippen LogP contribution in [0.4, 0.5) is 13.6 Å². The molecule has 2 atom stereocenters. The molecule has 3 rings (SSSR count). The summed E-state index contributed by atoms with van der Waals surface area (Å²) < 4.78 is 32.3. The van der Waals surface area contributed by atoms with E-state index >= 15 is 0 Å². The second-order valence-electron chi connectivity index (χ2n) is 7.41. The summed E-state index contributed by atoms with van der Waals surface area (Å²) in [5, 5.41) is 12.5. The van der Waals surface area contributed by atoms with Crippen molar-refractivity contribution in [2.24, 2.45) is 5.92 Å². The number of nitrogens with zero attached hydrogens (tertiary/aromatic N) is 1. The van der Waals surface area contributed by atoms with Gasteiger partial charge in [0.15, 0.2) is 11.6 Å². The minimum atomic E-state index is -0.936. The summed E-state index contributed by atoms with van der Waals surface area (Å²) in [7, 11) is 0. The van der Waals surface area contributed by atoms with E-state index in [9.17, 15) is 18.7 Å². The number of morpholine rings is 1. The van der Waals surface area contributed by atoms with Gasteiger partial charge in [-0.15, -0.1) is 0 Å². The van der Waals surface area contributed by atoms with E-state index in [1.165, 1.54) is 6.07 Å². The number of carbonyl (C=O) groups excluding carboxylic acids is 1. The number of halogens is 2. The topological polar surface area (TPSA) is 61.8 Å². The lowest BCUT2D eigenvalue weighted by Crippen LogP contribution is -2.48. The Morgan fingerprint density at radius 1 is 1.28 bits per heavy atom. The number of ether oxygens (including phenoxy) is 1. The quantitative estimate of drug-likeness (QED) is 0.777. The number of rotatable bonds is 6. The van der Waals surface area contributed by atoms with Crippen LogP contribution >= 0.6 is 0 Å². The molecular weight excluding hydrogens is 378 g/mol. The first-order valence-electron chi connectivity index (χ1n) is 9.72. The van der Waals surface area contributed by atoms with Crippen LogP contribution in [0, 0.1) is 24.5 Å². The Kier molecular flexibility index (Phi) is 7.17. The Hall–Kier alpha value is -2.51. The molecule has 7 heteroatoms. The molecule has 1 aliphatic heterocycles. The van der Waals surface area contributed by atoms with E-state index in [-0.39, 0.29) is 25.1 Å². The number of benzene rings is 2. The molecule has 2 amide bonds. The summed E-state index contributed by atoms with van der Waals surface area (Å²) in [4.78, 5) is 14.2. The fourth-order valence-corrected chi connectivity index (χ4v) is 3.47. The maximum atomic E-state index is 13.5. The van der Waals surface area contributed by atoms with Crippen LogP contribution in [-0.4, -0.2) is 48.9 Å². The van der Waals surface area contributed by atoms with E-state index in [0.29, 0.717) is 31.7 Å². The molecule has 1 saturated heterocycles. The minimum Gasteiger partial charge on any atom is -0.396 e. The van der Waals surface area contributed by atoms with Gasteiger partial charge in [-0.25, -0.2) is 13.6 Å². The molecule has 2 unspecified atom stereocenters. The molecule has 156 valence electrons. The van der Waals surface area contributed by atoms with Gasteiger partial charge in [0.25, 0.3) is 0 Å². The fourth-order valence-electron chi connectivity index (χ4n) is 3.47. The third-order valence-corrected chi connectivity index (χ3v) is 5.08. The van der Waals surface area contributed by atoms with Crippen LogP contribution in [-0.2, 0) is 11.2 Å². The average molecular weight is 404 g/mol. The van der Waals surface area contributed by atoms with E-state index in [1.807, 2.05) is 25.1 Å². The first kappa shape index (κ1) is 21.2. The van der Waals surface area contributed by atoms with Crippen molar-refractivity contribution in [3.63, 3.8) is 0 Å². The van der Waals surface area contributed by atoms with E-state index in [1.54, 1.807) is 4.90 Å². The molecule has 0 aromatic heterocycles. The van der Waals surface area contributed by atoms with Crippen LogP contribution in [0.3, 0.4) is 0 Å². The molecule has 29 heavy (non-hydrogen) atoms. The number of urea groups is 1. The van der Waals surface area contributed by atoms with E-state index < -0.39 is 17.7 Å². The summed E-state index contributed by atoms with van der Waals surface area (Å²) in [5.41, 5.74) is 2.76. The van der Waals surface area contributed by atoms with Gasteiger partial charge in [-0.05, 0) is 36.6 Å². The smallest absolute Gasteiger partial charge is 0.317 e. The summed E-state index contributed by atoms with van der Waals surface area (Å²) in [5.74, 6) is -1.94. The average Bonchev–Trinajstić information content (AvgIpc) is 2.73. The second-order valence-corrected chi connectivity index (χ2v) is 7.41. The van der Waals surface area contributed by atoms with Crippen molar-refractivity contribution in [1.29, 1.82) is 0 Å². The molecular formula is C22H26F2N2O3. The predicted molar refractivity (Wildman–Crippen MR) is 105 cm³/mol. The highest BCUT2D eigenvalue weighted by Crippen LogP contribution is 2.24. The minimum absolute atomic E-state index is 0.0329. The molecule has 2 aromatic rings. The molecule has 1 fully saturated rings. The van der Waals surface area contributed by atoms with Crippen LogP contribution in [0.25, 0.3) is 0 Å². The molecule has 0 radical (unpaired) electrons. The summed E-state index contributed by atoms with van der Waals surface area (Å²) in [6, 6.07) is 11.4. The Labute approximate surface area is 169 Å². The molecule has 1 heterocycles. The van der Waals surface area contributed by atoms with E-state index in [4.69, 9.17) is 4.74 Å². The van der Waals surface area contributed by atoms with Crippen molar-refractivity contribution in [1.82, 2.24) is 10.2 Å². The number of hydrogen-bond acceptors (Lipinski definition) is 3. The fraction of sp³-hybridized carbons (Fsp3) is 0.409. The Morgan fingerprint density at radius 3 is 2.83 bits per heavy atom. The summed E-state index contributed by atoms with van der Waals surface area (Å²) in [6.45, 7) is 3.29. The van der Waals surface area contributed by atoms with Crippen molar-refractivity contribution >= 4 is 6.03 Å². The zero-order valence-electron chi connectivity index (χ0n) is 16.4. The number of nitrogens with one attached hydrogen (secondary N) is 1. The predicted octanol–water partition coefficient (Wildman–Crippen LogP) is 3.21. The number of amides is 2. The molecule has 0 saturated carbocycles. The zero-order chi connectivity index (χ0) is 20.8. The standard InChI is InChI=1S/C22H26F2N2O3/c1-15-3-2-4-16(9-15)10-17(14-27)12-25-22(28)26-7-8-29-21(13-26)18-5-6-19(23)20(24)11-18/h2-6,9,11,17,21,27H,7-8,10,12-14H2,1H3,(H,25,28). The van der Waals surface area contributed by atoms with Gasteiger partial charge in [-0.2, -0.15) is 0 Å². The Bertz CT molecular complexity index is 847. The van der Waals surface area contributed by atoms with Crippen LogP contribution in [0.5, 0.6) is 0 Å². The molecule has 0 bridgehead atoms. The lowest BCUT2D eigenvalue weighted by molar-refractivity contribution is -0.0157. The molecule has 2 aromatic carbocycles. The normalized spacial score (nSPS) is 17.8. The summed E-state index contributed by atoms with van der Waals surface area (Å²) >= 11 is 0. The highest BCUT2D eigenvalue weighted by Gasteiger charge is 2.26. The van der Waals surface area contributed by atoms with Gasteiger partial charge < -0.3 is 20.1 Å². The SMILES string of the molecule is Cc1cccc(CC(CO)CNC(=O)N2CCOC(c3ccc(F)c(F)c3)C2)c1. The molecule has 1 aliphatic rings. The third-order valence-electron chi connectivity index (χ3n) is 5.08. The summed E-state index contributed by atoms with van der Waals surface area (Å²) in [6.07, 6.45) is 0.157. The van der Waals surface area contributed by atoms with Gasteiger partial charge in [0.05, 0.1) is 13.2 Å². The maximum Gasteiger partial charge on any atom is 0.317 e. The highest BCUT2D eigenvalue weighted by atomic mass is 19.2. The van der Waals surface area contributed by atoms with Crippen LogP contribution in [0.2, 0.25) is 0 Å². The van der Waals surface area contributed by atoms with Gasteiger partial charge in [0.2, 0.25) is 0 Å². The van der Waals surface area contributed by atoms with Crippen LogP contribution in [0.1, 0.15) is 22.8 Å². The van der Waals surface area contributed by atoms with Gasteiger partial charge in [-0.3, -0.25) is 0 Å². The van der Waals surface area contributed by atoms with Crippen molar-refractivity contribution in [3.05, 3.63) is 70.8 Å². The monoisotopic (exact) mass is 404 g/mol. The second kappa shape index (κ2) is 9.80. The van der Waals surface area contributed by atoms with Crippen molar-refractivity contribution < 1.29 is 23.4 Å². The van der Waals surface area contributed by atoms with Crippen molar-refractivity contribution in [3.8, 4) is 0 Å². The number of aliphatic hydroxyl groups excluding tert-OH is 1. The van der Waals surface area contributed by atoms with Gasteiger partial charge in [0, 0.05) is 25.6 Å². The maximum absolute atomic E-state index is 13.5. The van der Waals surface area contributed by atoms with Crippen LogP contribution < -0.4 is 5.32 Å². The highest BCUT2D eigenvalue weighted by molar-refractivity contribution is 5.74. The van der Waals surface area contributed by atoms with E-state index in [2.05, 4.69) is 11.4 Å². The first-order valence-corrected chi connectivity index (χ1v) is 9.72. The van der Waals surface area contributed by atoms with Gasteiger partial charge >= 0.3 is 6.03 Å². The van der Waals surface area contributed by atoms with Crippen molar-refractivity contribution in [2.45, 2.75) is 19.4 Å². The zero-order valence-corrected chi connectivity index (χ0v) is 16.4. The Balaban J connectivity index is 1.54. The molecule has 0 spiro atoms. The van der Waals surface area contributed by atoms with E-state index in [0.717, 1.165) is 23.3 Å². The lowest BCUT2D eigenvalue weighted by Gasteiger charge is -2.33. The van der Waals surface area contributed by atoms with Gasteiger partial charge in [0.1, 0.15) is 6.10 Å². The Morgan fingerprint density at radius 2 is 2.10 bits per heavy atom. The molecule has 0 aliphatic carbocycles. The van der Waals surface area contributed by atoms with Crippen LogP contribution in [0.15, 0.2) is 42.5 Å². The number of hydrogen-bond donors (Lipinski definition) is 2. The first-order chi connectivity index (χ1) is 14.0. The largest absolute Gasteiger partial charge is 0.396 e. The number of aryl methyl sites for hydroxylation is 1. The van der Waals surface area contributed by atoms with Gasteiger partial charge in [-0.1, -0.05) is 35.9 Å². The number of aliphatic hydroxyl groups is 1. The lowest BCUT2D eigenvalue weighted by atomic mass is 9.99. The molecule has 5 nitrogen and oxygen atoms in total.